The highest BCUT2D eigenvalue weighted by Crippen LogP contribution is 2.34. The quantitative estimate of drug-likeness (QED) is 0.647. The van der Waals surface area contributed by atoms with Crippen molar-refractivity contribution in [2.45, 2.75) is 32.3 Å². The second-order valence-electron chi connectivity index (χ2n) is 3.74. The van der Waals surface area contributed by atoms with Gasteiger partial charge in [-0.05, 0) is 38.3 Å². The molecule has 0 unspecified atom stereocenters. The minimum Gasteiger partial charge on any atom is -0.489 e. The standard InChI is InChI=1S/C10H11ClFNO.C3H4/c11-9-8(14-6-2-1-3-6)5-4-7(13)10(9)12;1-3-2/h4-6H,1-3,13H2;1H,2H3. The number of halogens is 2. The summed E-state index contributed by atoms with van der Waals surface area (Å²) in [6.07, 6.45) is 7.99. The molecule has 0 spiro atoms. The second kappa shape index (κ2) is 6.36. The summed E-state index contributed by atoms with van der Waals surface area (Å²) in [7, 11) is 0. The van der Waals surface area contributed by atoms with E-state index >= 15 is 0 Å². The Hall–Kier alpha value is -1.40. The van der Waals surface area contributed by atoms with Crippen LogP contribution in [0, 0.1) is 18.2 Å². The molecule has 2 N–H and O–H groups in total. The van der Waals surface area contributed by atoms with Gasteiger partial charge in [-0.25, -0.2) is 4.39 Å². The predicted molar refractivity (Wildman–Crippen MR) is 68.6 cm³/mol. The zero-order chi connectivity index (χ0) is 12.8. The Morgan fingerprint density at radius 1 is 1.53 bits per heavy atom. The van der Waals surface area contributed by atoms with Crippen molar-refractivity contribution in [3.63, 3.8) is 0 Å². The van der Waals surface area contributed by atoms with E-state index in [4.69, 9.17) is 22.1 Å². The van der Waals surface area contributed by atoms with E-state index in [0.29, 0.717) is 5.75 Å². The molecule has 1 aliphatic rings. The van der Waals surface area contributed by atoms with Crippen molar-refractivity contribution in [3.8, 4) is 18.1 Å². The smallest absolute Gasteiger partial charge is 0.168 e. The van der Waals surface area contributed by atoms with E-state index in [1.807, 2.05) is 0 Å². The molecule has 17 heavy (non-hydrogen) atoms. The zero-order valence-electron chi connectivity index (χ0n) is 9.67. The lowest BCUT2D eigenvalue weighted by atomic mass is 9.96. The van der Waals surface area contributed by atoms with Crippen LogP contribution in [0.15, 0.2) is 12.1 Å². The van der Waals surface area contributed by atoms with Gasteiger partial charge in [-0.2, -0.15) is 0 Å². The summed E-state index contributed by atoms with van der Waals surface area (Å²) in [5.74, 6) is 2.05. The van der Waals surface area contributed by atoms with Gasteiger partial charge in [0.15, 0.2) is 5.82 Å². The first-order chi connectivity index (χ1) is 8.10. The Morgan fingerprint density at radius 3 is 2.59 bits per heavy atom. The van der Waals surface area contributed by atoms with Crippen molar-refractivity contribution in [1.82, 2.24) is 0 Å². The Labute approximate surface area is 106 Å². The van der Waals surface area contributed by atoms with Crippen LogP contribution in [0.4, 0.5) is 10.1 Å². The predicted octanol–water partition coefficient (Wildman–Crippen LogP) is 3.63. The van der Waals surface area contributed by atoms with E-state index in [-0.39, 0.29) is 16.8 Å². The van der Waals surface area contributed by atoms with Crippen LogP contribution in [0.3, 0.4) is 0 Å². The molecule has 1 saturated carbocycles. The fraction of sp³-hybridized carbons (Fsp3) is 0.385. The van der Waals surface area contributed by atoms with Crippen molar-refractivity contribution in [3.05, 3.63) is 23.0 Å². The lowest BCUT2D eigenvalue weighted by molar-refractivity contribution is 0.120. The van der Waals surface area contributed by atoms with Crippen LogP contribution in [0.5, 0.6) is 5.75 Å². The second-order valence-corrected chi connectivity index (χ2v) is 4.12. The fourth-order valence-electron chi connectivity index (χ4n) is 1.31. The van der Waals surface area contributed by atoms with Crippen LogP contribution in [-0.4, -0.2) is 6.10 Å². The van der Waals surface area contributed by atoms with Crippen LogP contribution in [0.1, 0.15) is 26.2 Å². The highest BCUT2D eigenvalue weighted by molar-refractivity contribution is 6.32. The van der Waals surface area contributed by atoms with Gasteiger partial charge in [0.2, 0.25) is 0 Å². The van der Waals surface area contributed by atoms with Crippen molar-refractivity contribution >= 4 is 17.3 Å². The van der Waals surface area contributed by atoms with Gasteiger partial charge in [-0.1, -0.05) is 11.6 Å². The molecule has 0 saturated heterocycles. The number of nitrogen functional groups attached to an aromatic ring is 1. The van der Waals surface area contributed by atoms with Gasteiger partial charge in [-0.15, -0.1) is 12.3 Å². The number of hydrogen-bond acceptors (Lipinski definition) is 2. The highest BCUT2D eigenvalue weighted by atomic mass is 35.5. The van der Waals surface area contributed by atoms with Gasteiger partial charge in [0.25, 0.3) is 0 Å². The van der Waals surface area contributed by atoms with Gasteiger partial charge in [-0.3, -0.25) is 0 Å². The summed E-state index contributed by atoms with van der Waals surface area (Å²) in [6.45, 7) is 1.65. The first kappa shape index (κ1) is 13.7. The van der Waals surface area contributed by atoms with Crippen LogP contribution in [0.25, 0.3) is 0 Å². The molecule has 1 aromatic carbocycles. The summed E-state index contributed by atoms with van der Waals surface area (Å²) in [5.41, 5.74) is 5.40. The Balaban J connectivity index is 0.000000437. The van der Waals surface area contributed by atoms with Crippen molar-refractivity contribution in [1.29, 1.82) is 0 Å². The minimum atomic E-state index is -0.594. The fourth-order valence-corrected chi connectivity index (χ4v) is 1.52. The first-order valence-corrected chi connectivity index (χ1v) is 5.75. The van der Waals surface area contributed by atoms with Crippen molar-refractivity contribution in [2.24, 2.45) is 0 Å². The third-order valence-electron chi connectivity index (χ3n) is 2.42. The molecule has 0 amide bonds. The van der Waals surface area contributed by atoms with Crippen LogP contribution < -0.4 is 10.5 Å². The van der Waals surface area contributed by atoms with E-state index in [1.54, 1.807) is 13.0 Å². The molecule has 0 aliphatic heterocycles. The summed E-state index contributed by atoms with van der Waals surface area (Å²) in [4.78, 5) is 0. The van der Waals surface area contributed by atoms with Crippen LogP contribution in [0.2, 0.25) is 5.02 Å². The molecule has 0 heterocycles. The summed E-state index contributed by atoms with van der Waals surface area (Å²) in [5, 5.41) is -0.0168. The van der Waals surface area contributed by atoms with Gasteiger partial charge in [0.05, 0.1) is 11.8 Å². The third-order valence-corrected chi connectivity index (χ3v) is 2.77. The molecular weight excluding hydrogens is 241 g/mol. The summed E-state index contributed by atoms with van der Waals surface area (Å²) >= 11 is 5.74. The number of nitrogens with two attached hydrogens (primary N) is 1. The Bertz CT molecular complexity index is 424. The van der Waals surface area contributed by atoms with E-state index < -0.39 is 5.82 Å². The number of anilines is 1. The molecule has 2 rings (SSSR count). The number of terminal acetylenes is 1. The molecule has 0 bridgehead atoms. The molecular formula is C13H15ClFNO. The molecule has 92 valence electrons. The SMILES string of the molecule is C#CC.Nc1ccc(OC2CCC2)c(Cl)c1F. The van der Waals surface area contributed by atoms with Gasteiger partial charge >= 0.3 is 0 Å². The number of ether oxygens (including phenoxy) is 1. The summed E-state index contributed by atoms with van der Waals surface area (Å²) in [6, 6.07) is 3.08. The average Bonchev–Trinajstić information content (AvgIpc) is 2.24. The van der Waals surface area contributed by atoms with Crippen LogP contribution in [-0.2, 0) is 0 Å². The average molecular weight is 256 g/mol. The number of hydrogen-bond donors (Lipinski definition) is 1. The molecule has 1 aliphatic carbocycles. The van der Waals surface area contributed by atoms with E-state index in [0.717, 1.165) is 12.8 Å². The highest BCUT2D eigenvalue weighted by Gasteiger charge is 2.21. The molecule has 0 aromatic heterocycles. The lowest BCUT2D eigenvalue weighted by Crippen LogP contribution is -2.24. The van der Waals surface area contributed by atoms with E-state index in [1.165, 1.54) is 12.5 Å². The topological polar surface area (TPSA) is 35.2 Å². The molecule has 2 nitrogen and oxygen atoms in total. The monoisotopic (exact) mass is 255 g/mol. The Morgan fingerprint density at radius 2 is 2.12 bits per heavy atom. The Kier molecular flexibility index (Phi) is 5.11. The maximum Gasteiger partial charge on any atom is 0.168 e. The molecule has 1 aromatic rings. The molecule has 4 heteroatoms. The lowest BCUT2D eigenvalue weighted by Gasteiger charge is -2.26. The molecule has 0 atom stereocenters. The van der Waals surface area contributed by atoms with Gasteiger partial charge in [0.1, 0.15) is 10.8 Å². The maximum atomic E-state index is 13.2. The normalized spacial score (nSPS) is 14.0. The third kappa shape index (κ3) is 3.54. The largest absolute Gasteiger partial charge is 0.489 e. The summed E-state index contributed by atoms with van der Waals surface area (Å²) < 4.78 is 18.7. The van der Waals surface area contributed by atoms with Crippen LogP contribution >= 0.6 is 11.6 Å². The van der Waals surface area contributed by atoms with Crippen molar-refractivity contribution in [2.75, 3.05) is 5.73 Å². The van der Waals surface area contributed by atoms with Gasteiger partial charge in [0, 0.05) is 0 Å². The first-order valence-electron chi connectivity index (χ1n) is 5.37. The van der Waals surface area contributed by atoms with E-state index in [2.05, 4.69) is 12.3 Å². The zero-order valence-corrected chi connectivity index (χ0v) is 10.4. The number of rotatable bonds is 2. The molecule has 1 fully saturated rings. The van der Waals surface area contributed by atoms with Gasteiger partial charge < -0.3 is 10.5 Å². The molecule has 0 radical (unpaired) electrons. The number of benzene rings is 1. The minimum absolute atomic E-state index is 0.0168. The van der Waals surface area contributed by atoms with Crippen molar-refractivity contribution < 1.29 is 9.13 Å². The maximum absolute atomic E-state index is 13.2. The van der Waals surface area contributed by atoms with E-state index in [9.17, 15) is 4.39 Å².